The lowest BCUT2D eigenvalue weighted by Gasteiger charge is -2.10. The number of benzene rings is 9. The Bertz CT molecular complexity index is 4120. The highest BCUT2D eigenvalue weighted by Gasteiger charge is 2.18. The average molecular weight is 777 g/mol. The second kappa shape index (κ2) is 13.8. The van der Waals surface area contributed by atoms with Crippen LogP contribution in [0.3, 0.4) is 0 Å². The number of hydrogen-bond donors (Lipinski definition) is 0. The van der Waals surface area contributed by atoms with Crippen LogP contribution >= 0.6 is 0 Å². The normalized spacial score (nSPS) is 13.8. The van der Waals surface area contributed by atoms with Gasteiger partial charge in [-0.15, -0.1) is 0 Å². The maximum absolute atomic E-state index is 9.45. The van der Waals surface area contributed by atoms with Crippen molar-refractivity contribution in [1.29, 1.82) is 0 Å². The van der Waals surface area contributed by atoms with Gasteiger partial charge in [0, 0.05) is 43.6 Å². The van der Waals surface area contributed by atoms with E-state index in [9.17, 15) is 1.37 Å². The average Bonchev–Trinajstić information content (AvgIpc) is 3.98. The summed E-state index contributed by atoms with van der Waals surface area (Å²) in [6, 6.07) is 43.3. The number of rotatable bonds is 6. The first-order valence-corrected chi connectivity index (χ1v) is 19.4. The van der Waals surface area contributed by atoms with Crippen LogP contribution in [0, 0.1) is 0 Å². The lowest BCUT2D eigenvalue weighted by atomic mass is 9.99. The van der Waals surface area contributed by atoms with Crippen LogP contribution < -0.4 is 0 Å². The largest absolute Gasteiger partial charge is 0.456 e. The van der Waals surface area contributed by atoms with Gasteiger partial charge in [0.25, 0.3) is 0 Å². The van der Waals surface area contributed by atoms with Crippen molar-refractivity contribution >= 4 is 54.6 Å². The summed E-state index contributed by atoms with van der Waals surface area (Å²) < 4.78 is 91.6. The van der Waals surface area contributed by atoms with Crippen LogP contribution in [0.2, 0.25) is 0 Å². The van der Waals surface area contributed by atoms with E-state index < -0.39 is 36.3 Å². The molecule has 0 fully saturated rings. The van der Waals surface area contributed by atoms with E-state index >= 15 is 0 Å². The van der Waals surface area contributed by atoms with Gasteiger partial charge in [-0.3, -0.25) is 0 Å². The Labute approximate surface area is 357 Å². The standard InChI is InChI=1S/C55H33N3O2/c1-3-11-34(12-4-1)39-16-9-17-41(31-39)54-56-53(57-55(58-54)42-26-29-46-50(33-42)59-49-20-10-19-43(51(46)49)36-13-5-2-6-14-36)38-23-21-35(22-24-38)40-27-30-48-47(32-40)45-28-25-37-15-7-8-18-44(37)52(45)60-48/h1-33H/i7D,8D,15D,18D,25D,27D,28D,30D,32D. The molecule has 0 spiro atoms. The molecule has 12 aromatic rings. The first-order valence-electron chi connectivity index (χ1n) is 23.9. The molecule has 12 rings (SSSR count). The quantitative estimate of drug-likeness (QED) is 0.168. The zero-order chi connectivity index (χ0) is 47.4. The Kier molecular flexibility index (Phi) is 5.95. The third kappa shape index (κ3) is 5.75. The van der Waals surface area contributed by atoms with E-state index in [4.69, 9.17) is 34.8 Å². The number of nitrogens with zero attached hydrogens (tertiary/aromatic N) is 3. The summed E-state index contributed by atoms with van der Waals surface area (Å²) in [5.41, 5.74) is 7.83. The second-order valence-corrected chi connectivity index (χ2v) is 14.4. The molecule has 0 atom stereocenters. The maximum atomic E-state index is 9.45. The molecule has 0 amide bonds. The van der Waals surface area contributed by atoms with Gasteiger partial charge in [0.15, 0.2) is 17.5 Å². The van der Waals surface area contributed by atoms with Crippen molar-refractivity contribution in [3.63, 3.8) is 0 Å². The monoisotopic (exact) mass is 776 g/mol. The topological polar surface area (TPSA) is 65.0 Å². The summed E-state index contributed by atoms with van der Waals surface area (Å²) in [7, 11) is 0. The predicted octanol–water partition coefficient (Wildman–Crippen LogP) is 14.8. The molecule has 5 nitrogen and oxygen atoms in total. The van der Waals surface area contributed by atoms with Crippen LogP contribution in [-0.4, -0.2) is 15.0 Å². The Morgan fingerprint density at radius 2 is 1.02 bits per heavy atom. The van der Waals surface area contributed by atoms with Crippen molar-refractivity contribution in [2.45, 2.75) is 0 Å². The third-order valence-corrected chi connectivity index (χ3v) is 10.8. The maximum Gasteiger partial charge on any atom is 0.164 e. The predicted molar refractivity (Wildman–Crippen MR) is 245 cm³/mol. The summed E-state index contributed by atoms with van der Waals surface area (Å²) >= 11 is 0. The molecule has 280 valence electrons. The minimum atomic E-state index is -0.554. The fraction of sp³-hybridized carbons (Fsp3) is 0. The van der Waals surface area contributed by atoms with Crippen molar-refractivity contribution in [1.82, 2.24) is 15.0 Å². The van der Waals surface area contributed by atoms with Crippen LogP contribution in [0.25, 0.3) is 122 Å². The van der Waals surface area contributed by atoms with Crippen molar-refractivity contribution in [3.05, 3.63) is 200 Å². The van der Waals surface area contributed by atoms with Gasteiger partial charge in [0.05, 0.1) is 12.3 Å². The fourth-order valence-corrected chi connectivity index (χ4v) is 7.90. The smallest absolute Gasteiger partial charge is 0.164 e. The molecule has 5 heteroatoms. The minimum Gasteiger partial charge on any atom is -0.456 e. The number of furan rings is 2. The van der Waals surface area contributed by atoms with E-state index in [-0.39, 0.29) is 56.4 Å². The Balaban J connectivity index is 1.00. The van der Waals surface area contributed by atoms with Gasteiger partial charge in [-0.1, -0.05) is 158 Å². The van der Waals surface area contributed by atoms with Crippen LogP contribution in [0.4, 0.5) is 0 Å². The highest BCUT2D eigenvalue weighted by Crippen LogP contribution is 2.39. The molecule has 0 N–H and O–H groups in total. The van der Waals surface area contributed by atoms with Crippen LogP contribution in [0.15, 0.2) is 209 Å². The van der Waals surface area contributed by atoms with Crippen molar-refractivity contribution in [2.75, 3.05) is 0 Å². The summed E-state index contributed by atoms with van der Waals surface area (Å²) in [6.45, 7) is 0. The van der Waals surface area contributed by atoms with Crippen molar-refractivity contribution in [3.8, 4) is 67.5 Å². The number of hydrogen-bond acceptors (Lipinski definition) is 5. The van der Waals surface area contributed by atoms with Gasteiger partial charge in [-0.05, 0) is 81.2 Å². The zero-order valence-corrected chi connectivity index (χ0v) is 31.5. The summed E-state index contributed by atoms with van der Waals surface area (Å²) in [5.74, 6) is 1.20. The Morgan fingerprint density at radius 1 is 0.367 bits per heavy atom. The molecule has 0 aliphatic rings. The van der Waals surface area contributed by atoms with Gasteiger partial charge in [-0.25, -0.2) is 15.0 Å². The summed E-state index contributed by atoms with van der Waals surface area (Å²) in [5, 5.41) is 1.60. The highest BCUT2D eigenvalue weighted by molar-refractivity contribution is 6.16. The molecule has 0 aliphatic heterocycles. The van der Waals surface area contributed by atoms with E-state index in [0.29, 0.717) is 39.7 Å². The van der Waals surface area contributed by atoms with Crippen LogP contribution in [0.5, 0.6) is 0 Å². The molecule has 0 unspecified atom stereocenters. The van der Waals surface area contributed by atoms with Gasteiger partial charge in [0.2, 0.25) is 0 Å². The summed E-state index contributed by atoms with van der Waals surface area (Å²) in [4.78, 5) is 15.1. The lowest BCUT2D eigenvalue weighted by Crippen LogP contribution is -2.00. The lowest BCUT2D eigenvalue weighted by molar-refractivity contribution is 0.669. The van der Waals surface area contributed by atoms with E-state index in [1.54, 1.807) is 24.3 Å². The highest BCUT2D eigenvalue weighted by atomic mass is 16.3. The second-order valence-electron chi connectivity index (χ2n) is 14.4. The molecule has 0 aliphatic carbocycles. The molecule has 3 aromatic heterocycles. The van der Waals surface area contributed by atoms with Crippen molar-refractivity contribution in [2.24, 2.45) is 0 Å². The number of fused-ring (bicyclic) bond motifs is 8. The SMILES string of the molecule is [2H]c1c(-c2ccc(-c3nc(-c4cccc(-c5ccccc5)c4)nc(-c4ccc5c(c4)oc4cccc(-c6ccccc6)c45)n3)cc2)c([2H])c2c(oc3c4c([2H])c([2H])c([2H])c([2H])c4c([2H])c([2H])c32)c1[2H]. The van der Waals surface area contributed by atoms with E-state index in [1.165, 1.54) is 0 Å². The molecule has 0 saturated heterocycles. The van der Waals surface area contributed by atoms with Gasteiger partial charge in [0.1, 0.15) is 22.3 Å². The molecule has 3 heterocycles. The van der Waals surface area contributed by atoms with E-state index in [0.717, 1.165) is 44.2 Å². The zero-order valence-electron chi connectivity index (χ0n) is 40.5. The first-order chi connectivity index (χ1) is 33.5. The fourth-order valence-electron chi connectivity index (χ4n) is 7.90. The third-order valence-electron chi connectivity index (χ3n) is 10.8. The van der Waals surface area contributed by atoms with E-state index in [1.807, 2.05) is 103 Å². The van der Waals surface area contributed by atoms with Crippen molar-refractivity contribution < 1.29 is 21.2 Å². The molecular weight excluding hydrogens is 735 g/mol. The van der Waals surface area contributed by atoms with Crippen LogP contribution in [-0.2, 0) is 0 Å². The van der Waals surface area contributed by atoms with Gasteiger partial charge < -0.3 is 8.83 Å². The first kappa shape index (κ1) is 26.0. The van der Waals surface area contributed by atoms with Gasteiger partial charge >= 0.3 is 0 Å². The molecule has 0 saturated carbocycles. The molecule has 0 bridgehead atoms. The van der Waals surface area contributed by atoms with Gasteiger partial charge in [-0.2, -0.15) is 0 Å². The van der Waals surface area contributed by atoms with E-state index in [2.05, 4.69) is 18.2 Å². The Hall–Kier alpha value is -8.15. The number of aromatic nitrogens is 3. The minimum absolute atomic E-state index is 0.0000771. The summed E-state index contributed by atoms with van der Waals surface area (Å²) in [6.07, 6.45) is 0. The van der Waals surface area contributed by atoms with Crippen LogP contribution in [0.1, 0.15) is 12.3 Å². The Morgan fingerprint density at radius 3 is 1.83 bits per heavy atom. The molecule has 0 radical (unpaired) electrons. The molecular formula is C55H33N3O2. The molecule has 9 aromatic carbocycles. The molecule has 60 heavy (non-hydrogen) atoms.